The first-order valence-corrected chi connectivity index (χ1v) is 14.6. The van der Waals surface area contributed by atoms with E-state index in [1.165, 1.54) is 51.4 Å². The molecule has 3 saturated heterocycles. The molecule has 6 heteroatoms. The summed E-state index contributed by atoms with van der Waals surface area (Å²) in [4.78, 5) is 2.71. The molecular formula is C30H48N2O4. The van der Waals surface area contributed by atoms with E-state index in [1.54, 1.807) is 7.11 Å². The molecular weight excluding hydrogens is 452 g/mol. The van der Waals surface area contributed by atoms with Gasteiger partial charge in [-0.25, -0.2) is 0 Å². The first kappa shape index (κ1) is 26.4. The molecule has 1 saturated carbocycles. The van der Waals surface area contributed by atoms with Crippen LogP contribution in [0.15, 0.2) is 24.3 Å². The van der Waals surface area contributed by atoms with E-state index in [2.05, 4.69) is 10.2 Å². The van der Waals surface area contributed by atoms with E-state index in [0.29, 0.717) is 18.4 Å². The van der Waals surface area contributed by atoms with Crippen LogP contribution in [-0.2, 0) is 11.3 Å². The first-order chi connectivity index (χ1) is 17.7. The van der Waals surface area contributed by atoms with Gasteiger partial charge >= 0.3 is 0 Å². The van der Waals surface area contributed by atoms with Gasteiger partial charge in [-0.05, 0) is 74.8 Å². The highest BCUT2D eigenvalue weighted by atomic mass is 16.5. The van der Waals surface area contributed by atoms with Crippen LogP contribution >= 0.6 is 0 Å². The second-order valence-corrected chi connectivity index (χ2v) is 12.0. The average Bonchev–Trinajstić information content (AvgIpc) is 3.20. The summed E-state index contributed by atoms with van der Waals surface area (Å²) in [6.07, 6.45) is 13.3. The van der Waals surface area contributed by atoms with Crippen molar-refractivity contribution in [2.45, 2.75) is 94.9 Å². The lowest BCUT2D eigenvalue weighted by Gasteiger charge is -2.64. The molecule has 0 spiro atoms. The van der Waals surface area contributed by atoms with Crippen molar-refractivity contribution in [3.63, 3.8) is 0 Å². The number of piperidine rings is 1. The minimum Gasteiger partial charge on any atom is -0.497 e. The van der Waals surface area contributed by atoms with Crippen LogP contribution in [0.4, 0.5) is 0 Å². The number of rotatable bonds is 7. The van der Waals surface area contributed by atoms with Crippen molar-refractivity contribution in [1.82, 2.24) is 10.2 Å². The second-order valence-electron chi connectivity index (χ2n) is 12.0. The summed E-state index contributed by atoms with van der Waals surface area (Å²) >= 11 is 0. The largest absolute Gasteiger partial charge is 0.497 e. The van der Waals surface area contributed by atoms with Crippen molar-refractivity contribution in [2.75, 3.05) is 40.0 Å². The Morgan fingerprint density at radius 2 is 1.72 bits per heavy atom. The van der Waals surface area contributed by atoms with Crippen LogP contribution in [0.5, 0.6) is 5.75 Å². The third-order valence-corrected chi connectivity index (χ3v) is 10.1. The second kappa shape index (κ2) is 11.7. The molecule has 6 nitrogen and oxygen atoms in total. The van der Waals surface area contributed by atoms with Crippen LogP contribution in [0.25, 0.3) is 0 Å². The third-order valence-electron chi connectivity index (χ3n) is 10.1. The summed E-state index contributed by atoms with van der Waals surface area (Å²) in [6.45, 7) is 3.86. The molecule has 6 atom stereocenters. The highest BCUT2D eigenvalue weighted by molar-refractivity contribution is 5.28. The number of nitrogens with one attached hydrogen (secondary N) is 1. The maximum absolute atomic E-state index is 11.1. The Morgan fingerprint density at radius 1 is 1.00 bits per heavy atom. The lowest BCUT2D eigenvalue weighted by molar-refractivity contribution is -0.179. The molecule has 4 bridgehead atoms. The molecule has 1 aliphatic carbocycles. The maximum Gasteiger partial charge on any atom is 0.118 e. The average molecular weight is 501 g/mol. The van der Waals surface area contributed by atoms with Gasteiger partial charge in [0.1, 0.15) is 11.9 Å². The molecule has 3 aliphatic heterocycles. The summed E-state index contributed by atoms with van der Waals surface area (Å²) < 4.78 is 11.9. The molecule has 0 aromatic heterocycles. The number of aliphatic hydroxyl groups excluding tert-OH is 2. The molecule has 0 radical (unpaired) electrons. The predicted octanol–water partition coefficient (Wildman–Crippen LogP) is 4.13. The molecule has 0 amide bonds. The van der Waals surface area contributed by atoms with Gasteiger partial charge in [-0.15, -0.1) is 0 Å². The fourth-order valence-corrected chi connectivity index (χ4v) is 8.57. The number of hydrogen-bond donors (Lipinski definition) is 3. The van der Waals surface area contributed by atoms with Crippen molar-refractivity contribution < 1.29 is 19.7 Å². The lowest BCUT2D eigenvalue weighted by Crippen LogP contribution is -2.78. The van der Waals surface area contributed by atoms with Crippen molar-refractivity contribution in [2.24, 2.45) is 17.3 Å². The number of ether oxygens (including phenoxy) is 2. The number of methoxy groups -OCH3 is 1. The van der Waals surface area contributed by atoms with Crippen molar-refractivity contribution >= 4 is 0 Å². The maximum atomic E-state index is 11.1. The van der Waals surface area contributed by atoms with Gasteiger partial charge in [0, 0.05) is 11.5 Å². The molecule has 5 rings (SSSR count). The molecule has 202 valence electrons. The molecule has 1 aromatic carbocycles. The van der Waals surface area contributed by atoms with Crippen LogP contribution in [0.1, 0.15) is 76.2 Å². The summed E-state index contributed by atoms with van der Waals surface area (Å²) in [5, 5.41) is 25.9. The van der Waals surface area contributed by atoms with Gasteiger partial charge in [0.15, 0.2) is 0 Å². The molecule has 36 heavy (non-hydrogen) atoms. The molecule has 4 fully saturated rings. The Hall–Kier alpha value is -1.18. The minimum atomic E-state index is -0.314. The van der Waals surface area contributed by atoms with Gasteiger partial charge in [0.2, 0.25) is 0 Å². The van der Waals surface area contributed by atoms with Crippen LogP contribution in [0, 0.1) is 17.3 Å². The molecule has 3 N–H and O–H groups in total. The summed E-state index contributed by atoms with van der Waals surface area (Å²) in [6, 6.07) is 8.22. The van der Waals surface area contributed by atoms with Gasteiger partial charge in [-0.2, -0.15) is 0 Å². The van der Waals surface area contributed by atoms with Crippen molar-refractivity contribution in [1.29, 1.82) is 0 Å². The van der Waals surface area contributed by atoms with Crippen LogP contribution in [-0.4, -0.2) is 72.8 Å². The van der Waals surface area contributed by atoms with E-state index < -0.39 is 0 Å². The number of hydrogen-bond acceptors (Lipinski definition) is 6. The topological polar surface area (TPSA) is 74.2 Å². The molecule has 1 aromatic rings. The summed E-state index contributed by atoms with van der Waals surface area (Å²) in [5.41, 5.74) is 0.645. The lowest BCUT2D eigenvalue weighted by atomic mass is 9.51. The zero-order valence-corrected chi connectivity index (χ0v) is 22.3. The number of nitrogens with zero attached hydrogens (tertiary/aromatic N) is 1. The zero-order valence-electron chi connectivity index (χ0n) is 22.3. The van der Waals surface area contributed by atoms with E-state index in [0.717, 1.165) is 50.2 Å². The molecule has 0 unspecified atom stereocenters. The Balaban J connectivity index is 1.46. The number of aliphatic hydroxyl groups is 2. The number of benzene rings is 1. The van der Waals surface area contributed by atoms with Crippen LogP contribution < -0.4 is 10.1 Å². The molecule has 4 aliphatic rings. The fourth-order valence-electron chi connectivity index (χ4n) is 8.57. The predicted molar refractivity (Wildman–Crippen MR) is 142 cm³/mol. The fraction of sp³-hybridized carbons (Fsp3) is 0.800. The highest BCUT2D eigenvalue weighted by Crippen LogP contribution is 2.59. The summed E-state index contributed by atoms with van der Waals surface area (Å²) in [5.74, 6) is 1.87. The molecule has 3 heterocycles. The minimum absolute atomic E-state index is 0.00176. The van der Waals surface area contributed by atoms with Gasteiger partial charge in [0.25, 0.3) is 0 Å². The first-order valence-electron chi connectivity index (χ1n) is 14.6. The van der Waals surface area contributed by atoms with Gasteiger partial charge in [0.05, 0.1) is 32.5 Å². The van der Waals surface area contributed by atoms with Crippen LogP contribution in [0.3, 0.4) is 0 Å². The Labute approximate surface area is 217 Å². The standard InChI is InChI=1S/C30H48N2O4/c1-35-25-12-10-23(11-13-25)21-36-27(20-33)30-26-14-17-32-16-9-7-5-3-2-4-6-8-15-29(22-34,28(30)32)18-24(26)19-31-30/h10-13,24,26-28,31,33-34H,2-9,14-22H2,1H3/t24-,26-,27+,28-,29-,30+/m0/s1. The Bertz CT molecular complexity index is 835. The van der Waals surface area contributed by atoms with E-state index in [-0.39, 0.29) is 36.3 Å². The highest BCUT2D eigenvalue weighted by Gasteiger charge is 2.69. The quantitative estimate of drug-likeness (QED) is 0.523. The zero-order chi connectivity index (χ0) is 25.0. The van der Waals surface area contributed by atoms with E-state index in [1.807, 2.05) is 24.3 Å². The van der Waals surface area contributed by atoms with Gasteiger partial charge in [-0.1, -0.05) is 57.1 Å². The van der Waals surface area contributed by atoms with E-state index >= 15 is 0 Å². The summed E-state index contributed by atoms with van der Waals surface area (Å²) in [7, 11) is 1.68. The SMILES string of the molecule is COc1ccc(CO[C@H](CO)[C@]23NC[C@@H]4C[C@]5(CO)CCCCCCCCCCN(CC[C@@H]42)[C@@H]53)cc1. The van der Waals surface area contributed by atoms with Crippen LogP contribution in [0.2, 0.25) is 0 Å². The Morgan fingerprint density at radius 3 is 2.42 bits per heavy atom. The van der Waals surface area contributed by atoms with Gasteiger partial charge < -0.3 is 25.0 Å². The normalized spacial score (nSPS) is 36.4. The smallest absolute Gasteiger partial charge is 0.118 e. The van der Waals surface area contributed by atoms with Crippen molar-refractivity contribution in [3.05, 3.63) is 29.8 Å². The van der Waals surface area contributed by atoms with E-state index in [9.17, 15) is 10.2 Å². The monoisotopic (exact) mass is 500 g/mol. The van der Waals surface area contributed by atoms with Crippen molar-refractivity contribution in [3.8, 4) is 5.75 Å². The third kappa shape index (κ3) is 4.84. The van der Waals surface area contributed by atoms with Gasteiger partial charge in [-0.3, -0.25) is 4.90 Å². The Kier molecular flexibility index (Phi) is 8.58. The van der Waals surface area contributed by atoms with E-state index in [4.69, 9.17) is 9.47 Å².